The van der Waals surface area contributed by atoms with E-state index in [1.807, 2.05) is 6.92 Å². The Kier molecular flexibility index (Phi) is 5.88. The number of sulfone groups is 1. The van der Waals surface area contributed by atoms with Crippen LogP contribution in [0.3, 0.4) is 0 Å². The van der Waals surface area contributed by atoms with Crippen LogP contribution in [0, 0.1) is 6.92 Å². The highest BCUT2D eigenvalue weighted by molar-refractivity contribution is 7.91. The number of carbonyl (C=O) groups is 2. The van der Waals surface area contributed by atoms with Gasteiger partial charge in [0.1, 0.15) is 12.2 Å². The minimum Gasteiger partial charge on any atom is -0.466 e. The van der Waals surface area contributed by atoms with Gasteiger partial charge >= 0.3 is 5.97 Å². The molecule has 0 bridgehead atoms. The largest absolute Gasteiger partial charge is 0.466 e. The zero-order valence-corrected chi connectivity index (χ0v) is 12.4. The number of ether oxygens (including phenoxy) is 1. The predicted octanol–water partition coefficient (Wildman–Crippen LogP) is 1.68. The van der Waals surface area contributed by atoms with Crippen molar-refractivity contribution in [2.75, 3.05) is 12.4 Å². The molecule has 0 N–H and O–H groups in total. The van der Waals surface area contributed by atoms with Gasteiger partial charge in [-0.25, -0.2) is 8.42 Å². The standard InChI is InChI=1S/C14H18O5S/c1-3-19-14(16)10-12(15)8-9-20(17,18)13-6-4-11(2)5-7-13/h4-7H,3,8-10H2,1-2H3. The molecule has 5 nitrogen and oxygen atoms in total. The van der Waals surface area contributed by atoms with E-state index in [9.17, 15) is 18.0 Å². The molecule has 0 aromatic heterocycles. The number of ketones is 1. The van der Waals surface area contributed by atoms with Gasteiger partial charge in [-0.2, -0.15) is 0 Å². The number of esters is 1. The molecule has 0 atom stereocenters. The lowest BCUT2D eigenvalue weighted by molar-refractivity contribution is -0.145. The van der Waals surface area contributed by atoms with Gasteiger partial charge in [0.2, 0.25) is 0 Å². The summed E-state index contributed by atoms with van der Waals surface area (Å²) in [5.74, 6) is -1.35. The molecule has 0 saturated carbocycles. The van der Waals surface area contributed by atoms with Crippen molar-refractivity contribution in [2.45, 2.75) is 31.6 Å². The predicted molar refractivity (Wildman–Crippen MR) is 74.1 cm³/mol. The van der Waals surface area contributed by atoms with Gasteiger partial charge in [-0.3, -0.25) is 9.59 Å². The van der Waals surface area contributed by atoms with Crippen molar-refractivity contribution in [3.8, 4) is 0 Å². The fourth-order valence-corrected chi connectivity index (χ4v) is 2.86. The summed E-state index contributed by atoms with van der Waals surface area (Å²) in [5.41, 5.74) is 0.960. The molecule has 1 aromatic rings. The zero-order valence-electron chi connectivity index (χ0n) is 11.6. The van der Waals surface area contributed by atoms with E-state index in [0.717, 1.165) is 5.56 Å². The van der Waals surface area contributed by atoms with Crippen molar-refractivity contribution in [3.05, 3.63) is 29.8 Å². The third-order valence-corrected chi connectivity index (χ3v) is 4.41. The molecule has 0 aliphatic carbocycles. The number of carbonyl (C=O) groups excluding carboxylic acids is 2. The van der Waals surface area contributed by atoms with Gasteiger partial charge in [-0.15, -0.1) is 0 Å². The van der Waals surface area contributed by atoms with Gasteiger partial charge in [-0.1, -0.05) is 17.7 Å². The fraction of sp³-hybridized carbons (Fsp3) is 0.429. The van der Waals surface area contributed by atoms with E-state index in [1.165, 1.54) is 12.1 Å². The summed E-state index contributed by atoms with van der Waals surface area (Å²) >= 11 is 0. The Morgan fingerprint density at radius 2 is 1.75 bits per heavy atom. The van der Waals surface area contributed by atoms with Gasteiger partial charge in [0, 0.05) is 6.42 Å². The van der Waals surface area contributed by atoms with Crippen LogP contribution in [0.5, 0.6) is 0 Å². The molecule has 1 aromatic carbocycles. The zero-order chi connectivity index (χ0) is 15.2. The van der Waals surface area contributed by atoms with Crippen LogP contribution in [-0.4, -0.2) is 32.5 Å². The molecule has 0 fully saturated rings. The molecule has 0 unspecified atom stereocenters. The molecular formula is C14H18O5S. The van der Waals surface area contributed by atoms with Gasteiger partial charge in [0.25, 0.3) is 0 Å². The Morgan fingerprint density at radius 1 is 1.15 bits per heavy atom. The number of rotatable bonds is 7. The molecular weight excluding hydrogens is 280 g/mol. The first-order chi connectivity index (χ1) is 9.35. The van der Waals surface area contributed by atoms with Gasteiger partial charge in [0.05, 0.1) is 17.3 Å². The Balaban J connectivity index is 2.58. The maximum absolute atomic E-state index is 12.0. The van der Waals surface area contributed by atoms with Crippen molar-refractivity contribution in [1.29, 1.82) is 0 Å². The van der Waals surface area contributed by atoms with Crippen LogP contribution < -0.4 is 0 Å². The minimum atomic E-state index is -3.49. The molecule has 0 aliphatic rings. The van der Waals surface area contributed by atoms with Crippen molar-refractivity contribution in [1.82, 2.24) is 0 Å². The molecule has 0 radical (unpaired) electrons. The number of Topliss-reactive ketones (excluding diaryl/α,β-unsaturated/α-hetero) is 1. The van der Waals surface area contributed by atoms with E-state index in [0.29, 0.717) is 0 Å². The smallest absolute Gasteiger partial charge is 0.313 e. The quantitative estimate of drug-likeness (QED) is 0.565. The number of benzene rings is 1. The molecule has 0 aliphatic heterocycles. The number of hydrogen-bond donors (Lipinski definition) is 0. The molecule has 0 spiro atoms. The lowest BCUT2D eigenvalue weighted by Crippen LogP contribution is -2.15. The third kappa shape index (κ3) is 5.13. The highest BCUT2D eigenvalue weighted by Gasteiger charge is 2.18. The van der Waals surface area contributed by atoms with Crippen LogP contribution in [0.1, 0.15) is 25.3 Å². The summed E-state index contributed by atoms with van der Waals surface area (Å²) in [6, 6.07) is 6.43. The second-order valence-electron chi connectivity index (χ2n) is 4.40. The van der Waals surface area contributed by atoms with Crippen molar-refractivity contribution in [2.24, 2.45) is 0 Å². The molecule has 0 amide bonds. The Morgan fingerprint density at radius 3 is 2.30 bits per heavy atom. The summed E-state index contributed by atoms with van der Waals surface area (Å²) in [5, 5.41) is 0. The van der Waals surface area contributed by atoms with Crippen LogP contribution >= 0.6 is 0 Å². The molecule has 0 heterocycles. The van der Waals surface area contributed by atoms with E-state index >= 15 is 0 Å². The summed E-state index contributed by atoms with van der Waals surface area (Å²) in [7, 11) is -3.49. The molecule has 110 valence electrons. The second kappa shape index (κ2) is 7.19. The van der Waals surface area contributed by atoms with Crippen LogP contribution in [-0.2, 0) is 24.2 Å². The second-order valence-corrected chi connectivity index (χ2v) is 6.51. The fourth-order valence-electron chi connectivity index (χ4n) is 1.57. The van der Waals surface area contributed by atoms with E-state index in [2.05, 4.69) is 4.74 Å². The van der Waals surface area contributed by atoms with E-state index in [-0.39, 0.29) is 30.1 Å². The summed E-state index contributed by atoms with van der Waals surface area (Å²) in [6.07, 6.45) is -0.563. The van der Waals surface area contributed by atoms with Crippen LogP contribution in [0.25, 0.3) is 0 Å². The summed E-state index contributed by atoms with van der Waals surface area (Å²) in [6.45, 7) is 3.71. The lowest BCUT2D eigenvalue weighted by Gasteiger charge is -2.05. The molecule has 0 saturated heterocycles. The van der Waals surface area contributed by atoms with Gasteiger partial charge in [0.15, 0.2) is 9.84 Å². The Hall–Kier alpha value is -1.69. The normalized spacial score (nSPS) is 11.1. The Labute approximate surface area is 118 Å². The average Bonchev–Trinajstić information content (AvgIpc) is 2.37. The maximum atomic E-state index is 12.0. The molecule has 6 heteroatoms. The topological polar surface area (TPSA) is 77.5 Å². The lowest BCUT2D eigenvalue weighted by atomic mass is 10.2. The van der Waals surface area contributed by atoms with Gasteiger partial charge in [-0.05, 0) is 26.0 Å². The van der Waals surface area contributed by atoms with Crippen LogP contribution in [0.4, 0.5) is 0 Å². The highest BCUT2D eigenvalue weighted by Crippen LogP contribution is 2.13. The first-order valence-corrected chi connectivity index (χ1v) is 7.97. The van der Waals surface area contributed by atoms with E-state index in [4.69, 9.17) is 0 Å². The summed E-state index contributed by atoms with van der Waals surface area (Å²) < 4.78 is 28.6. The first kappa shape index (κ1) is 16.4. The average molecular weight is 298 g/mol. The number of aryl methyl sites for hydroxylation is 1. The third-order valence-electron chi connectivity index (χ3n) is 2.68. The SMILES string of the molecule is CCOC(=O)CC(=O)CCS(=O)(=O)c1ccc(C)cc1. The van der Waals surface area contributed by atoms with Crippen molar-refractivity contribution >= 4 is 21.6 Å². The number of hydrogen-bond acceptors (Lipinski definition) is 5. The van der Waals surface area contributed by atoms with E-state index < -0.39 is 21.6 Å². The van der Waals surface area contributed by atoms with E-state index in [1.54, 1.807) is 19.1 Å². The van der Waals surface area contributed by atoms with Crippen molar-refractivity contribution < 1.29 is 22.7 Å². The van der Waals surface area contributed by atoms with Crippen molar-refractivity contribution in [3.63, 3.8) is 0 Å². The Bertz CT molecular complexity index is 572. The molecule has 1 rings (SSSR count). The highest BCUT2D eigenvalue weighted by atomic mass is 32.2. The van der Waals surface area contributed by atoms with Gasteiger partial charge < -0.3 is 4.74 Å². The molecule has 20 heavy (non-hydrogen) atoms. The first-order valence-electron chi connectivity index (χ1n) is 6.32. The maximum Gasteiger partial charge on any atom is 0.313 e. The van der Waals surface area contributed by atoms with Crippen LogP contribution in [0.2, 0.25) is 0 Å². The van der Waals surface area contributed by atoms with Crippen LogP contribution in [0.15, 0.2) is 29.2 Å². The summed E-state index contributed by atoms with van der Waals surface area (Å²) in [4.78, 5) is 22.8. The minimum absolute atomic E-state index is 0.185. The monoisotopic (exact) mass is 298 g/mol.